The zero-order valence-electron chi connectivity index (χ0n) is 14.9. The molecule has 0 bridgehead atoms. The standard InChI is InChI=1S/C21H28N4/c1-2-6-19(7-3-1)18-23-12-9-20(10-13-23)24-14-16-25(17-15-24)21-8-4-5-11-22-21/h1-8,11,20H,9-10,12-18H2. The van der Waals surface area contributed by atoms with Crippen molar-refractivity contribution in [3.63, 3.8) is 0 Å². The van der Waals surface area contributed by atoms with Crippen LogP contribution in [0.1, 0.15) is 18.4 Å². The minimum atomic E-state index is 0.762. The average molecular weight is 336 g/mol. The second-order valence-electron chi connectivity index (χ2n) is 7.20. The van der Waals surface area contributed by atoms with Gasteiger partial charge in [0.25, 0.3) is 0 Å². The van der Waals surface area contributed by atoms with Gasteiger partial charge < -0.3 is 4.90 Å². The summed E-state index contributed by atoms with van der Waals surface area (Å²) in [5.41, 5.74) is 1.44. The molecular formula is C21H28N4. The number of hydrogen-bond donors (Lipinski definition) is 0. The van der Waals surface area contributed by atoms with Crippen molar-refractivity contribution in [3.05, 3.63) is 60.3 Å². The van der Waals surface area contributed by atoms with Crippen LogP contribution in [0.3, 0.4) is 0 Å². The van der Waals surface area contributed by atoms with Crippen molar-refractivity contribution in [1.29, 1.82) is 0 Å². The molecule has 0 radical (unpaired) electrons. The van der Waals surface area contributed by atoms with E-state index in [4.69, 9.17) is 0 Å². The highest BCUT2D eigenvalue weighted by Gasteiger charge is 2.27. The molecule has 4 rings (SSSR count). The summed E-state index contributed by atoms with van der Waals surface area (Å²) >= 11 is 0. The Bertz CT molecular complexity index is 629. The first-order chi connectivity index (χ1) is 12.4. The smallest absolute Gasteiger partial charge is 0.128 e. The van der Waals surface area contributed by atoms with E-state index in [-0.39, 0.29) is 0 Å². The number of likely N-dealkylation sites (tertiary alicyclic amines) is 1. The van der Waals surface area contributed by atoms with Crippen molar-refractivity contribution in [2.75, 3.05) is 44.2 Å². The van der Waals surface area contributed by atoms with Crippen LogP contribution in [0, 0.1) is 0 Å². The normalized spacial score (nSPS) is 20.7. The van der Waals surface area contributed by atoms with E-state index in [1.54, 1.807) is 0 Å². The third kappa shape index (κ3) is 4.20. The van der Waals surface area contributed by atoms with Crippen molar-refractivity contribution in [2.24, 2.45) is 0 Å². The Hall–Kier alpha value is -1.91. The van der Waals surface area contributed by atoms with Crippen LogP contribution in [0.4, 0.5) is 5.82 Å². The second kappa shape index (κ2) is 7.98. The van der Waals surface area contributed by atoms with Crippen molar-refractivity contribution in [2.45, 2.75) is 25.4 Å². The molecule has 132 valence electrons. The van der Waals surface area contributed by atoms with Crippen LogP contribution in [0.15, 0.2) is 54.7 Å². The predicted octanol–water partition coefficient (Wildman–Crippen LogP) is 2.87. The highest BCUT2D eigenvalue weighted by molar-refractivity contribution is 5.38. The van der Waals surface area contributed by atoms with Gasteiger partial charge in [0.05, 0.1) is 0 Å². The van der Waals surface area contributed by atoms with E-state index in [0.717, 1.165) is 31.5 Å². The Morgan fingerprint density at radius 3 is 2.20 bits per heavy atom. The van der Waals surface area contributed by atoms with Crippen LogP contribution in [-0.2, 0) is 6.54 Å². The fourth-order valence-corrected chi connectivity index (χ4v) is 4.14. The minimum Gasteiger partial charge on any atom is -0.354 e. The van der Waals surface area contributed by atoms with E-state index < -0.39 is 0 Å². The Balaban J connectivity index is 1.24. The molecule has 2 fully saturated rings. The summed E-state index contributed by atoms with van der Waals surface area (Å²) in [6.45, 7) is 8.07. The fraction of sp³-hybridized carbons (Fsp3) is 0.476. The monoisotopic (exact) mass is 336 g/mol. The molecule has 0 amide bonds. The Morgan fingerprint density at radius 1 is 0.800 bits per heavy atom. The van der Waals surface area contributed by atoms with Crippen LogP contribution in [0.25, 0.3) is 0 Å². The average Bonchev–Trinajstić information content (AvgIpc) is 2.70. The quantitative estimate of drug-likeness (QED) is 0.856. The lowest BCUT2D eigenvalue weighted by atomic mass is 10.0. The van der Waals surface area contributed by atoms with Crippen molar-refractivity contribution in [3.8, 4) is 0 Å². The van der Waals surface area contributed by atoms with E-state index in [9.17, 15) is 0 Å². The molecule has 25 heavy (non-hydrogen) atoms. The highest BCUT2D eigenvalue weighted by Crippen LogP contribution is 2.21. The largest absolute Gasteiger partial charge is 0.354 e. The van der Waals surface area contributed by atoms with Gasteiger partial charge in [-0.3, -0.25) is 9.80 Å². The summed E-state index contributed by atoms with van der Waals surface area (Å²) in [6.07, 6.45) is 4.50. The lowest BCUT2D eigenvalue weighted by Crippen LogP contribution is -2.53. The van der Waals surface area contributed by atoms with E-state index in [0.29, 0.717) is 0 Å². The summed E-state index contributed by atoms with van der Waals surface area (Å²) in [6, 6.07) is 17.8. The van der Waals surface area contributed by atoms with Gasteiger partial charge in [-0.15, -0.1) is 0 Å². The van der Waals surface area contributed by atoms with Gasteiger partial charge in [0, 0.05) is 45.0 Å². The first kappa shape index (κ1) is 16.6. The molecule has 3 heterocycles. The first-order valence-corrected chi connectivity index (χ1v) is 9.55. The number of aromatic nitrogens is 1. The zero-order chi connectivity index (χ0) is 16.9. The molecule has 0 aliphatic carbocycles. The second-order valence-corrected chi connectivity index (χ2v) is 7.20. The molecule has 1 aromatic carbocycles. The van der Waals surface area contributed by atoms with Crippen LogP contribution in [0.2, 0.25) is 0 Å². The maximum absolute atomic E-state index is 4.49. The molecule has 1 aromatic heterocycles. The molecule has 0 spiro atoms. The van der Waals surface area contributed by atoms with Crippen molar-refractivity contribution < 1.29 is 0 Å². The van der Waals surface area contributed by atoms with Gasteiger partial charge in [0.2, 0.25) is 0 Å². The summed E-state index contributed by atoms with van der Waals surface area (Å²) in [7, 11) is 0. The lowest BCUT2D eigenvalue weighted by Gasteiger charge is -2.43. The van der Waals surface area contributed by atoms with Crippen LogP contribution in [-0.4, -0.2) is 60.1 Å². The molecule has 4 heteroatoms. The summed E-state index contributed by atoms with van der Waals surface area (Å²) in [5.74, 6) is 1.12. The molecule has 0 saturated carbocycles. The number of piperazine rings is 1. The minimum absolute atomic E-state index is 0.762. The van der Waals surface area contributed by atoms with Crippen molar-refractivity contribution in [1.82, 2.24) is 14.8 Å². The van der Waals surface area contributed by atoms with Gasteiger partial charge in [-0.25, -0.2) is 4.98 Å². The zero-order valence-corrected chi connectivity index (χ0v) is 14.9. The third-order valence-electron chi connectivity index (χ3n) is 5.61. The maximum atomic E-state index is 4.49. The topological polar surface area (TPSA) is 22.6 Å². The predicted molar refractivity (Wildman–Crippen MR) is 103 cm³/mol. The molecule has 0 unspecified atom stereocenters. The Morgan fingerprint density at radius 2 is 1.52 bits per heavy atom. The van der Waals surface area contributed by atoms with E-state index >= 15 is 0 Å². The SMILES string of the molecule is c1ccc(CN2CCC(N3CCN(c4ccccn4)CC3)CC2)cc1. The molecule has 2 aliphatic rings. The third-order valence-corrected chi connectivity index (χ3v) is 5.61. The molecule has 4 nitrogen and oxygen atoms in total. The number of benzene rings is 1. The lowest BCUT2D eigenvalue weighted by molar-refractivity contribution is 0.0997. The number of rotatable bonds is 4. The van der Waals surface area contributed by atoms with Crippen LogP contribution in [0.5, 0.6) is 0 Å². The number of pyridine rings is 1. The summed E-state index contributed by atoms with van der Waals surface area (Å²) in [5, 5.41) is 0. The van der Waals surface area contributed by atoms with E-state index in [2.05, 4.69) is 62.1 Å². The van der Waals surface area contributed by atoms with Gasteiger partial charge in [0.1, 0.15) is 5.82 Å². The molecule has 2 saturated heterocycles. The molecule has 2 aliphatic heterocycles. The molecule has 0 N–H and O–H groups in total. The van der Waals surface area contributed by atoms with Crippen LogP contribution >= 0.6 is 0 Å². The van der Waals surface area contributed by atoms with Gasteiger partial charge in [-0.1, -0.05) is 36.4 Å². The number of piperidine rings is 1. The molecule has 0 atom stereocenters. The fourth-order valence-electron chi connectivity index (χ4n) is 4.14. The van der Waals surface area contributed by atoms with Gasteiger partial charge in [-0.05, 0) is 43.6 Å². The Kier molecular flexibility index (Phi) is 5.28. The van der Waals surface area contributed by atoms with E-state index in [1.165, 1.54) is 44.6 Å². The highest BCUT2D eigenvalue weighted by atomic mass is 15.3. The number of hydrogen-bond acceptors (Lipinski definition) is 4. The first-order valence-electron chi connectivity index (χ1n) is 9.55. The van der Waals surface area contributed by atoms with Gasteiger partial charge in [0.15, 0.2) is 0 Å². The van der Waals surface area contributed by atoms with Crippen molar-refractivity contribution >= 4 is 5.82 Å². The Labute approximate surface area is 151 Å². The molecular weight excluding hydrogens is 308 g/mol. The van der Waals surface area contributed by atoms with E-state index in [1.807, 2.05) is 12.3 Å². The van der Waals surface area contributed by atoms with Gasteiger partial charge in [-0.2, -0.15) is 0 Å². The summed E-state index contributed by atoms with van der Waals surface area (Å²) in [4.78, 5) is 12.2. The maximum Gasteiger partial charge on any atom is 0.128 e. The number of nitrogens with zero attached hydrogens (tertiary/aromatic N) is 4. The number of anilines is 1. The van der Waals surface area contributed by atoms with Crippen LogP contribution < -0.4 is 4.90 Å². The molecule has 2 aromatic rings. The summed E-state index contributed by atoms with van der Waals surface area (Å²) < 4.78 is 0. The van der Waals surface area contributed by atoms with Gasteiger partial charge >= 0.3 is 0 Å².